The lowest BCUT2D eigenvalue weighted by Crippen LogP contribution is -2.19. The fraction of sp³-hybridized carbons (Fsp3) is 0.143. The van der Waals surface area contributed by atoms with Crippen LogP contribution in [0.2, 0.25) is 0 Å². The van der Waals surface area contributed by atoms with Gasteiger partial charge in [0.2, 0.25) is 0 Å². The largest absolute Gasteiger partial charge is 0.573 e. The predicted molar refractivity (Wildman–Crippen MR) is 68.3 cm³/mol. The molecule has 0 unspecified atom stereocenters. The summed E-state index contributed by atoms with van der Waals surface area (Å²) in [5, 5.41) is 8.92. The molecule has 0 aliphatic rings. The Hall–Kier alpha value is -2.78. The normalized spacial score (nSPS) is 12.1. The highest BCUT2D eigenvalue weighted by Crippen LogP contribution is 2.41. The van der Waals surface area contributed by atoms with Gasteiger partial charge in [0.1, 0.15) is 5.75 Å². The van der Waals surface area contributed by atoms with Crippen LogP contribution in [-0.4, -0.2) is 22.4 Å². The minimum absolute atomic E-state index is 0.613. The molecule has 0 atom stereocenters. The van der Waals surface area contributed by atoms with Crippen LogP contribution < -0.4 is 4.74 Å². The summed E-state index contributed by atoms with van der Waals surface area (Å²) in [7, 11) is 0. The molecule has 0 fully saturated rings. The first-order valence-corrected chi connectivity index (χ1v) is 6.15. The van der Waals surface area contributed by atoms with Crippen LogP contribution in [0.1, 0.15) is 15.9 Å². The number of para-hydroxylation sites is 1. The second-order valence-corrected chi connectivity index (χ2v) is 4.43. The van der Waals surface area contributed by atoms with Crippen LogP contribution >= 0.6 is 0 Å². The van der Waals surface area contributed by atoms with Crippen LogP contribution in [0.25, 0.3) is 11.3 Å². The van der Waals surface area contributed by atoms with Gasteiger partial charge in [-0.15, -0.1) is 13.2 Å². The SMILES string of the molecule is O=C(O)c1ccnc(-c2ccccc2OC(F)(F)F)c1C(F)(F)F. The van der Waals surface area contributed by atoms with Gasteiger partial charge in [0.25, 0.3) is 0 Å². The lowest BCUT2D eigenvalue weighted by atomic mass is 10.00. The second-order valence-electron chi connectivity index (χ2n) is 4.43. The van der Waals surface area contributed by atoms with Crippen LogP contribution in [0.5, 0.6) is 5.75 Å². The fourth-order valence-electron chi connectivity index (χ4n) is 2.01. The summed E-state index contributed by atoms with van der Waals surface area (Å²) in [6.45, 7) is 0. The number of aromatic carboxylic acids is 1. The molecule has 1 heterocycles. The summed E-state index contributed by atoms with van der Waals surface area (Å²) >= 11 is 0. The quantitative estimate of drug-likeness (QED) is 0.835. The Morgan fingerprint density at radius 3 is 2.21 bits per heavy atom. The number of hydrogen-bond acceptors (Lipinski definition) is 3. The van der Waals surface area contributed by atoms with Crippen LogP contribution in [0.4, 0.5) is 26.3 Å². The Kier molecular flexibility index (Phi) is 4.41. The molecule has 0 amide bonds. The van der Waals surface area contributed by atoms with Crippen molar-refractivity contribution in [3.63, 3.8) is 0 Å². The van der Waals surface area contributed by atoms with Crippen LogP contribution in [-0.2, 0) is 6.18 Å². The van der Waals surface area contributed by atoms with E-state index in [1.165, 1.54) is 6.07 Å². The topological polar surface area (TPSA) is 59.4 Å². The Balaban J connectivity index is 2.75. The first kappa shape index (κ1) is 17.6. The Morgan fingerprint density at radius 2 is 1.67 bits per heavy atom. The van der Waals surface area contributed by atoms with Crippen molar-refractivity contribution in [1.82, 2.24) is 4.98 Å². The third kappa shape index (κ3) is 3.76. The Bertz CT molecular complexity index is 770. The lowest BCUT2D eigenvalue weighted by molar-refractivity contribution is -0.274. The van der Waals surface area contributed by atoms with Gasteiger partial charge in [-0.05, 0) is 18.2 Å². The third-order valence-electron chi connectivity index (χ3n) is 2.83. The number of hydrogen-bond donors (Lipinski definition) is 1. The molecule has 10 heteroatoms. The molecule has 4 nitrogen and oxygen atoms in total. The van der Waals surface area contributed by atoms with Crippen molar-refractivity contribution in [2.75, 3.05) is 0 Å². The van der Waals surface area contributed by atoms with Crippen LogP contribution in [0.15, 0.2) is 36.5 Å². The van der Waals surface area contributed by atoms with E-state index in [4.69, 9.17) is 5.11 Å². The average Bonchev–Trinajstić information content (AvgIpc) is 2.44. The van der Waals surface area contributed by atoms with E-state index in [0.29, 0.717) is 6.07 Å². The molecule has 0 aliphatic heterocycles. The number of carbonyl (C=O) groups is 1. The number of halogens is 6. The van der Waals surface area contributed by atoms with E-state index in [1.54, 1.807) is 0 Å². The number of pyridine rings is 1. The molecule has 1 N–H and O–H groups in total. The number of carboxylic acid groups (broad SMARTS) is 1. The van der Waals surface area contributed by atoms with Crippen LogP contribution in [0, 0.1) is 0 Å². The van der Waals surface area contributed by atoms with Gasteiger partial charge in [-0.1, -0.05) is 12.1 Å². The van der Waals surface area contributed by atoms with Gasteiger partial charge in [0, 0.05) is 11.8 Å². The van der Waals surface area contributed by atoms with Crippen molar-refractivity contribution in [2.24, 2.45) is 0 Å². The maximum Gasteiger partial charge on any atom is 0.573 e. The standard InChI is InChI=1S/C14H7F6NO3/c15-13(16,17)10-8(12(22)23)5-6-21-11(10)7-3-1-2-4-9(7)24-14(18,19)20/h1-6H,(H,22,23). The highest BCUT2D eigenvalue weighted by atomic mass is 19.4. The number of alkyl halides is 6. The molecule has 0 saturated carbocycles. The number of benzene rings is 1. The average molecular weight is 351 g/mol. The third-order valence-corrected chi connectivity index (χ3v) is 2.83. The van der Waals surface area contributed by atoms with E-state index in [-0.39, 0.29) is 0 Å². The van der Waals surface area contributed by atoms with E-state index < -0.39 is 46.6 Å². The predicted octanol–water partition coefficient (Wildman–Crippen LogP) is 4.36. The van der Waals surface area contributed by atoms with E-state index in [0.717, 1.165) is 24.4 Å². The molecule has 2 aromatic rings. The fourth-order valence-corrected chi connectivity index (χ4v) is 2.01. The summed E-state index contributed by atoms with van der Waals surface area (Å²) < 4.78 is 80.7. The highest BCUT2D eigenvalue weighted by Gasteiger charge is 2.40. The number of aromatic nitrogens is 1. The molecular formula is C14H7F6NO3. The molecule has 1 aromatic heterocycles. The molecule has 0 bridgehead atoms. The van der Waals surface area contributed by atoms with Gasteiger partial charge < -0.3 is 9.84 Å². The van der Waals surface area contributed by atoms with Gasteiger partial charge in [-0.2, -0.15) is 13.2 Å². The van der Waals surface area contributed by atoms with Gasteiger partial charge >= 0.3 is 18.5 Å². The molecule has 24 heavy (non-hydrogen) atoms. The molecule has 0 aliphatic carbocycles. The van der Waals surface area contributed by atoms with E-state index >= 15 is 0 Å². The maximum atomic E-state index is 13.3. The van der Waals surface area contributed by atoms with Crippen molar-refractivity contribution >= 4 is 5.97 Å². The maximum absolute atomic E-state index is 13.3. The van der Waals surface area contributed by atoms with Crippen LogP contribution in [0.3, 0.4) is 0 Å². The van der Waals surface area contributed by atoms with Gasteiger partial charge in [0.15, 0.2) is 0 Å². The lowest BCUT2D eigenvalue weighted by Gasteiger charge is -2.17. The summed E-state index contributed by atoms with van der Waals surface area (Å²) in [4.78, 5) is 14.4. The minimum atomic E-state index is -5.15. The Labute approximate surface area is 130 Å². The molecular weight excluding hydrogens is 344 g/mol. The molecule has 1 aromatic carbocycles. The number of nitrogens with zero attached hydrogens (tertiary/aromatic N) is 1. The first-order valence-electron chi connectivity index (χ1n) is 6.15. The zero-order valence-electron chi connectivity index (χ0n) is 11.4. The number of ether oxygens (including phenoxy) is 1. The van der Waals surface area contributed by atoms with Gasteiger partial charge in [-0.25, -0.2) is 4.79 Å². The second kappa shape index (κ2) is 6.02. The molecule has 2 rings (SSSR count). The summed E-state index contributed by atoms with van der Waals surface area (Å²) in [6, 6.07) is 4.64. The first-order chi connectivity index (χ1) is 11.0. The van der Waals surface area contributed by atoms with E-state index in [1.807, 2.05) is 0 Å². The number of rotatable bonds is 3. The van der Waals surface area contributed by atoms with Gasteiger partial charge in [-0.3, -0.25) is 4.98 Å². The molecule has 0 spiro atoms. The van der Waals surface area contributed by atoms with Crippen molar-refractivity contribution in [3.8, 4) is 17.0 Å². The van der Waals surface area contributed by atoms with E-state index in [9.17, 15) is 31.1 Å². The van der Waals surface area contributed by atoms with Crippen molar-refractivity contribution in [1.29, 1.82) is 0 Å². The minimum Gasteiger partial charge on any atom is -0.478 e. The molecule has 0 radical (unpaired) electrons. The summed E-state index contributed by atoms with van der Waals surface area (Å²) in [6.07, 6.45) is -9.53. The summed E-state index contributed by atoms with van der Waals surface area (Å²) in [5.74, 6) is -2.81. The van der Waals surface area contributed by atoms with E-state index in [2.05, 4.69) is 9.72 Å². The van der Waals surface area contributed by atoms with Crippen molar-refractivity contribution in [2.45, 2.75) is 12.5 Å². The number of carboxylic acids is 1. The molecule has 128 valence electrons. The van der Waals surface area contributed by atoms with Crippen molar-refractivity contribution in [3.05, 3.63) is 47.7 Å². The zero-order valence-corrected chi connectivity index (χ0v) is 11.4. The molecule has 0 saturated heterocycles. The monoisotopic (exact) mass is 351 g/mol. The van der Waals surface area contributed by atoms with Gasteiger partial charge in [0.05, 0.1) is 16.8 Å². The smallest absolute Gasteiger partial charge is 0.478 e. The Morgan fingerprint density at radius 1 is 1.04 bits per heavy atom. The zero-order chi connectivity index (χ0) is 18.1. The highest BCUT2D eigenvalue weighted by molar-refractivity contribution is 5.92. The summed E-state index contributed by atoms with van der Waals surface area (Å²) in [5.41, 5.74) is -4.39. The van der Waals surface area contributed by atoms with Crippen molar-refractivity contribution < 1.29 is 41.0 Å².